The molecule has 10 heteroatoms. The smallest absolute Gasteiger partial charge is 0.399 e. The topological polar surface area (TPSA) is 36.9 Å². The maximum Gasteiger partial charge on any atom is 0.399 e. The molecule has 4 nitrogen and oxygen atoms in total. The van der Waals surface area contributed by atoms with Crippen molar-refractivity contribution in [3.05, 3.63) is 46.5 Å². The van der Waals surface area contributed by atoms with Gasteiger partial charge in [-0.3, -0.25) is 0 Å². The van der Waals surface area contributed by atoms with Gasteiger partial charge in [-0.1, -0.05) is 0 Å². The zero-order chi connectivity index (χ0) is 22.4. The number of benzene rings is 2. The lowest BCUT2D eigenvalue weighted by Gasteiger charge is -2.37. The van der Waals surface area contributed by atoms with E-state index in [1.807, 2.05) is 0 Å². The highest BCUT2D eigenvalue weighted by Gasteiger charge is 2.54. The number of methoxy groups -OCH3 is 4. The van der Waals surface area contributed by atoms with Gasteiger partial charge in [-0.05, 0) is 46.5 Å². The molecular weight excluding hydrogens is 418 g/mol. The van der Waals surface area contributed by atoms with Gasteiger partial charge in [0.25, 0.3) is 0 Å². The number of alkyl halides is 6. The van der Waals surface area contributed by atoms with Crippen LogP contribution in [0.15, 0.2) is 24.3 Å². The van der Waals surface area contributed by atoms with E-state index in [0.717, 1.165) is 24.3 Å². The highest BCUT2D eigenvalue weighted by molar-refractivity contribution is 5.63. The van der Waals surface area contributed by atoms with Crippen molar-refractivity contribution < 1.29 is 45.3 Å². The predicted molar refractivity (Wildman–Crippen MR) is 94.9 cm³/mol. The lowest BCUT2D eigenvalue weighted by molar-refractivity contribution is -0.152. The van der Waals surface area contributed by atoms with Crippen molar-refractivity contribution in [2.45, 2.75) is 24.2 Å². The molecule has 0 heterocycles. The Bertz CT molecular complexity index is 812. The maximum atomic E-state index is 14.1. The molecule has 1 aliphatic rings. The normalized spacial score (nSPS) is 18.3. The van der Waals surface area contributed by atoms with Gasteiger partial charge in [-0.25, -0.2) is 0 Å². The molecule has 0 atom stereocenters. The molecule has 2 aromatic rings. The second kappa shape index (κ2) is 7.48. The lowest BCUT2D eigenvalue weighted by atomic mass is 9.71. The van der Waals surface area contributed by atoms with E-state index in [-0.39, 0.29) is 23.0 Å². The Morgan fingerprint density at radius 2 is 0.700 bits per heavy atom. The molecule has 30 heavy (non-hydrogen) atoms. The van der Waals surface area contributed by atoms with Gasteiger partial charge < -0.3 is 18.9 Å². The van der Waals surface area contributed by atoms with Crippen LogP contribution in [-0.4, -0.2) is 40.8 Å². The van der Waals surface area contributed by atoms with Gasteiger partial charge in [0.15, 0.2) is 23.0 Å². The van der Waals surface area contributed by atoms with Crippen LogP contribution in [-0.2, 0) is 0 Å². The number of hydrogen-bond donors (Lipinski definition) is 0. The molecule has 0 unspecified atom stereocenters. The molecule has 0 aromatic heterocycles. The predicted octanol–water partition coefficient (Wildman–Crippen LogP) is 5.42. The SMILES string of the molecule is COc1cc2c(cc1OC)C(C(F)(F)F)c1cc(OC)c(OC)cc1C2C(F)(F)F. The van der Waals surface area contributed by atoms with Crippen molar-refractivity contribution in [3.8, 4) is 23.0 Å². The van der Waals surface area contributed by atoms with Gasteiger partial charge in [0.05, 0.1) is 28.4 Å². The Labute approximate surface area is 168 Å². The summed E-state index contributed by atoms with van der Waals surface area (Å²) in [5.74, 6) is -5.04. The molecule has 3 rings (SSSR count). The van der Waals surface area contributed by atoms with Crippen molar-refractivity contribution >= 4 is 0 Å². The molecule has 0 saturated heterocycles. The molecule has 0 fully saturated rings. The van der Waals surface area contributed by atoms with Crippen molar-refractivity contribution in [1.82, 2.24) is 0 Å². The second-order valence-electron chi connectivity index (χ2n) is 6.62. The maximum absolute atomic E-state index is 14.1. The number of halogens is 6. The van der Waals surface area contributed by atoms with Crippen LogP contribution in [0.4, 0.5) is 26.3 Å². The Hall–Kier alpha value is -2.78. The van der Waals surface area contributed by atoms with E-state index in [1.165, 1.54) is 28.4 Å². The third kappa shape index (κ3) is 3.48. The second-order valence-corrected chi connectivity index (χ2v) is 6.62. The van der Waals surface area contributed by atoms with E-state index in [0.29, 0.717) is 0 Å². The minimum atomic E-state index is -4.88. The van der Waals surface area contributed by atoms with Gasteiger partial charge in [-0.15, -0.1) is 0 Å². The molecule has 0 radical (unpaired) electrons. The van der Waals surface area contributed by atoms with Crippen LogP contribution in [0.3, 0.4) is 0 Å². The minimum absolute atomic E-state index is 0.102. The molecule has 2 aromatic carbocycles. The van der Waals surface area contributed by atoms with Crippen LogP contribution in [0.25, 0.3) is 0 Å². The fourth-order valence-corrected chi connectivity index (χ4v) is 3.86. The van der Waals surface area contributed by atoms with E-state index in [1.54, 1.807) is 0 Å². The fraction of sp³-hybridized carbons (Fsp3) is 0.400. The van der Waals surface area contributed by atoms with Gasteiger partial charge in [0.1, 0.15) is 11.8 Å². The first kappa shape index (κ1) is 21.9. The third-order valence-corrected chi connectivity index (χ3v) is 5.08. The van der Waals surface area contributed by atoms with Crippen molar-refractivity contribution in [3.63, 3.8) is 0 Å². The molecule has 0 aliphatic heterocycles. The van der Waals surface area contributed by atoms with Crippen molar-refractivity contribution in [2.24, 2.45) is 0 Å². The van der Waals surface area contributed by atoms with E-state index in [4.69, 9.17) is 18.9 Å². The first-order valence-corrected chi connectivity index (χ1v) is 8.62. The van der Waals surface area contributed by atoms with Crippen molar-refractivity contribution in [2.75, 3.05) is 28.4 Å². The summed E-state index contributed by atoms with van der Waals surface area (Å²) in [4.78, 5) is 0. The quantitative estimate of drug-likeness (QED) is 0.600. The van der Waals surface area contributed by atoms with Gasteiger partial charge in [0.2, 0.25) is 0 Å². The minimum Gasteiger partial charge on any atom is -0.493 e. The summed E-state index contributed by atoms with van der Waals surface area (Å²) in [5, 5.41) is 0. The lowest BCUT2D eigenvalue weighted by Crippen LogP contribution is -2.34. The largest absolute Gasteiger partial charge is 0.493 e. The molecule has 0 N–H and O–H groups in total. The van der Waals surface area contributed by atoms with E-state index < -0.39 is 46.4 Å². The Kier molecular flexibility index (Phi) is 5.46. The average molecular weight is 436 g/mol. The van der Waals surface area contributed by atoms with Crippen LogP contribution >= 0.6 is 0 Å². The molecule has 0 saturated carbocycles. The molecule has 0 spiro atoms. The first-order valence-electron chi connectivity index (χ1n) is 8.62. The average Bonchev–Trinajstić information content (AvgIpc) is 2.67. The molecule has 1 aliphatic carbocycles. The Balaban J connectivity index is 2.45. The summed E-state index contributed by atoms with van der Waals surface area (Å²) >= 11 is 0. The van der Waals surface area contributed by atoms with E-state index >= 15 is 0 Å². The zero-order valence-electron chi connectivity index (χ0n) is 16.4. The number of rotatable bonds is 4. The van der Waals surface area contributed by atoms with Gasteiger partial charge >= 0.3 is 12.4 Å². The third-order valence-electron chi connectivity index (χ3n) is 5.08. The highest BCUT2D eigenvalue weighted by Crippen LogP contribution is 2.57. The van der Waals surface area contributed by atoms with E-state index in [2.05, 4.69) is 0 Å². The fourth-order valence-electron chi connectivity index (χ4n) is 3.86. The molecule has 0 bridgehead atoms. The number of hydrogen-bond acceptors (Lipinski definition) is 4. The van der Waals surface area contributed by atoms with Gasteiger partial charge in [0, 0.05) is 0 Å². The summed E-state index contributed by atoms with van der Waals surface area (Å²) in [5.41, 5.74) is -2.21. The highest BCUT2D eigenvalue weighted by atomic mass is 19.4. The summed E-state index contributed by atoms with van der Waals surface area (Å²) in [6.45, 7) is 0. The van der Waals surface area contributed by atoms with Crippen LogP contribution in [0.1, 0.15) is 34.1 Å². The van der Waals surface area contributed by atoms with Crippen LogP contribution in [0.5, 0.6) is 23.0 Å². The van der Waals surface area contributed by atoms with Crippen LogP contribution < -0.4 is 18.9 Å². The molecular formula is C20H18F6O4. The number of ether oxygens (including phenoxy) is 4. The summed E-state index contributed by atoms with van der Waals surface area (Å²) in [7, 11) is 4.77. The molecule has 164 valence electrons. The summed E-state index contributed by atoms with van der Waals surface area (Å²) in [6.07, 6.45) is -9.75. The van der Waals surface area contributed by atoms with Crippen LogP contribution in [0.2, 0.25) is 0 Å². The zero-order valence-corrected chi connectivity index (χ0v) is 16.4. The summed E-state index contributed by atoms with van der Waals surface area (Å²) in [6, 6.07) is 3.80. The van der Waals surface area contributed by atoms with Crippen LogP contribution in [0, 0.1) is 0 Å². The molecule has 0 amide bonds. The standard InChI is InChI=1S/C20H18F6O4/c1-27-13-5-9-10(6-14(13)28-2)18(20(24,25)26)12-8-16(30-4)15(29-3)7-11(12)17(9)19(21,22)23/h5-8,17-18H,1-4H3. The number of fused-ring (bicyclic) bond motifs is 2. The monoisotopic (exact) mass is 436 g/mol. The summed E-state index contributed by atoms with van der Waals surface area (Å²) < 4.78 is 105. The van der Waals surface area contributed by atoms with Crippen molar-refractivity contribution in [1.29, 1.82) is 0 Å². The Morgan fingerprint density at radius 3 is 0.833 bits per heavy atom. The Morgan fingerprint density at radius 1 is 0.500 bits per heavy atom. The van der Waals surface area contributed by atoms with E-state index in [9.17, 15) is 26.3 Å². The van der Waals surface area contributed by atoms with Gasteiger partial charge in [-0.2, -0.15) is 26.3 Å². The first-order chi connectivity index (χ1) is 14.0.